The summed E-state index contributed by atoms with van der Waals surface area (Å²) in [6.45, 7) is 2.09. The number of nitrogens with zero attached hydrogens (tertiary/aromatic N) is 2. The van der Waals surface area contributed by atoms with Gasteiger partial charge in [0.2, 0.25) is 0 Å². The molecule has 4 heteroatoms. The lowest BCUT2D eigenvalue weighted by Gasteiger charge is -2.02. The van der Waals surface area contributed by atoms with E-state index in [-0.39, 0.29) is 0 Å². The van der Waals surface area contributed by atoms with Crippen LogP contribution >= 0.6 is 15.9 Å². The van der Waals surface area contributed by atoms with Gasteiger partial charge in [-0.05, 0) is 37.0 Å². The first-order valence-electron chi connectivity index (χ1n) is 4.85. The molecule has 0 amide bonds. The number of halogens is 1. The SMILES string of the molecule is Cc1ccc(CCc2cn[nH]n2)cc1Br. The summed E-state index contributed by atoms with van der Waals surface area (Å²) in [5.41, 5.74) is 3.59. The van der Waals surface area contributed by atoms with Gasteiger partial charge in [0.15, 0.2) is 0 Å². The fourth-order valence-electron chi connectivity index (χ4n) is 1.41. The number of H-pyrrole nitrogens is 1. The van der Waals surface area contributed by atoms with E-state index in [4.69, 9.17) is 0 Å². The first-order valence-corrected chi connectivity index (χ1v) is 5.64. The van der Waals surface area contributed by atoms with Gasteiger partial charge in [-0.1, -0.05) is 28.1 Å². The van der Waals surface area contributed by atoms with Crippen LogP contribution in [0.3, 0.4) is 0 Å². The highest BCUT2D eigenvalue weighted by Crippen LogP contribution is 2.18. The minimum atomic E-state index is 0.923. The van der Waals surface area contributed by atoms with E-state index >= 15 is 0 Å². The highest BCUT2D eigenvalue weighted by Gasteiger charge is 2.00. The van der Waals surface area contributed by atoms with Gasteiger partial charge in [0.1, 0.15) is 0 Å². The summed E-state index contributed by atoms with van der Waals surface area (Å²) in [5, 5.41) is 10.4. The average molecular weight is 266 g/mol. The highest BCUT2D eigenvalue weighted by molar-refractivity contribution is 9.10. The minimum absolute atomic E-state index is 0.923. The topological polar surface area (TPSA) is 41.6 Å². The molecule has 15 heavy (non-hydrogen) atoms. The third-order valence-corrected chi connectivity index (χ3v) is 3.23. The van der Waals surface area contributed by atoms with E-state index in [1.54, 1.807) is 6.20 Å². The summed E-state index contributed by atoms with van der Waals surface area (Å²) in [6, 6.07) is 6.44. The summed E-state index contributed by atoms with van der Waals surface area (Å²) in [7, 11) is 0. The molecule has 0 aliphatic carbocycles. The lowest BCUT2D eigenvalue weighted by atomic mass is 10.1. The summed E-state index contributed by atoms with van der Waals surface area (Å²) in [4.78, 5) is 0. The van der Waals surface area contributed by atoms with Gasteiger partial charge in [-0.3, -0.25) is 0 Å². The molecule has 0 fully saturated rings. The number of aryl methyl sites for hydroxylation is 3. The van der Waals surface area contributed by atoms with Crippen molar-refractivity contribution in [2.24, 2.45) is 0 Å². The smallest absolute Gasteiger partial charge is 0.0828 e. The molecule has 1 N–H and O–H groups in total. The predicted octanol–water partition coefficient (Wildman–Crippen LogP) is 2.66. The van der Waals surface area contributed by atoms with Gasteiger partial charge >= 0.3 is 0 Å². The molecule has 1 heterocycles. The fraction of sp³-hybridized carbons (Fsp3) is 0.273. The zero-order chi connectivity index (χ0) is 10.7. The molecule has 1 aromatic heterocycles. The monoisotopic (exact) mass is 265 g/mol. The van der Waals surface area contributed by atoms with Gasteiger partial charge < -0.3 is 0 Å². The van der Waals surface area contributed by atoms with E-state index in [0.717, 1.165) is 18.5 Å². The minimum Gasteiger partial charge on any atom is -0.198 e. The van der Waals surface area contributed by atoms with Gasteiger partial charge in [0.05, 0.1) is 11.9 Å². The van der Waals surface area contributed by atoms with E-state index in [0.29, 0.717) is 0 Å². The van der Waals surface area contributed by atoms with Gasteiger partial charge in [-0.2, -0.15) is 15.4 Å². The van der Waals surface area contributed by atoms with Crippen molar-refractivity contribution in [2.75, 3.05) is 0 Å². The Hall–Kier alpha value is -1.16. The van der Waals surface area contributed by atoms with Crippen LogP contribution in [-0.4, -0.2) is 15.4 Å². The number of rotatable bonds is 3. The highest BCUT2D eigenvalue weighted by atomic mass is 79.9. The quantitative estimate of drug-likeness (QED) is 0.927. The maximum absolute atomic E-state index is 4.02. The second-order valence-corrected chi connectivity index (χ2v) is 4.40. The summed E-state index contributed by atoms with van der Waals surface area (Å²) < 4.78 is 1.17. The first kappa shape index (κ1) is 10.4. The fourth-order valence-corrected chi connectivity index (χ4v) is 1.84. The van der Waals surface area contributed by atoms with Crippen LogP contribution in [-0.2, 0) is 12.8 Å². The Morgan fingerprint density at radius 3 is 2.87 bits per heavy atom. The Morgan fingerprint density at radius 1 is 1.33 bits per heavy atom. The average Bonchev–Trinajstić information content (AvgIpc) is 2.73. The third-order valence-electron chi connectivity index (χ3n) is 2.37. The summed E-state index contributed by atoms with van der Waals surface area (Å²) in [5.74, 6) is 0. The van der Waals surface area contributed by atoms with Gasteiger partial charge in [0, 0.05) is 4.47 Å². The van der Waals surface area contributed by atoms with Crippen LogP contribution in [0, 0.1) is 6.92 Å². The van der Waals surface area contributed by atoms with Crippen LogP contribution in [0.2, 0.25) is 0 Å². The van der Waals surface area contributed by atoms with Crippen molar-refractivity contribution in [3.63, 3.8) is 0 Å². The molecule has 0 aliphatic heterocycles. The maximum atomic E-state index is 4.02. The molecule has 1 aromatic carbocycles. The van der Waals surface area contributed by atoms with Crippen LogP contribution in [0.15, 0.2) is 28.9 Å². The molecule has 0 atom stereocenters. The number of nitrogens with one attached hydrogen (secondary N) is 1. The zero-order valence-electron chi connectivity index (χ0n) is 8.50. The lowest BCUT2D eigenvalue weighted by Crippen LogP contribution is -1.92. The van der Waals surface area contributed by atoms with Crippen LogP contribution < -0.4 is 0 Å². The molecule has 0 aliphatic rings. The number of hydrogen-bond acceptors (Lipinski definition) is 2. The number of aromatic nitrogens is 3. The van der Waals surface area contributed by atoms with Crippen LogP contribution in [0.5, 0.6) is 0 Å². The Labute approximate surface area is 97.0 Å². The second kappa shape index (κ2) is 4.57. The Kier molecular flexibility index (Phi) is 3.16. The first-order chi connectivity index (χ1) is 7.25. The number of hydrogen-bond donors (Lipinski definition) is 1. The van der Waals surface area contributed by atoms with Crippen molar-refractivity contribution in [1.82, 2.24) is 15.4 Å². The molecule has 78 valence electrons. The lowest BCUT2D eigenvalue weighted by molar-refractivity contribution is 0.870. The molecular formula is C11H12BrN3. The molecule has 0 bridgehead atoms. The molecule has 0 radical (unpaired) electrons. The van der Waals surface area contributed by atoms with Crippen molar-refractivity contribution >= 4 is 15.9 Å². The Bertz CT molecular complexity index is 437. The third kappa shape index (κ3) is 2.65. The van der Waals surface area contributed by atoms with E-state index in [1.807, 2.05) is 0 Å². The van der Waals surface area contributed by atoms with Gasteiger partial charge in [0.25, 0.3) is 0 Å². The van der Waals surface area contributed by atoms with Gasteiger partial charge in [-0.25, -0.2) is 0 Å². The molecule has 0 spiro atoms. The maximum Gasteiger partial charge on any atom is 0.0828 e. The molecule has 0 saturated heterocycles. The molecule has 0 saturated carbocycles. The summed E-state index contributed by atoms with van der Waals surface area (Å²) in [6.07, 6.45) is 3.68. The van der Waals surface area contributed by atoms with Crippen molar-refractivity contribution < 1.29 is 0 Å². The zero-order valence-corrected chi connectivity index (χ0v) is 10.1. The van der Waals surface area contributed by atoms with E-state index in [1.165, 1.54) is 15.6 Å². The Morgan fingerprint density at radius 2 is 2.20 bits per heavy atom. The largest absolute Gasteiger partial charge is 0.198 e. The van der Waals surface area contributed by atoms with E-state index in [2.05, 4.69) is 56.5 Å². The standard InChI is InChI=1S/C11H12BrN3/c1-8-2-3-9(6-11(8)12)4-5-10-7-13-15-14-10/h2-3,6-7H,4-5H2,1H3,(H,13,14,15). The Balaban J connectivity index is 2.02. The molecule has 3 nitrogen and oxygen atoms in total. The van der Waals surface area contributed by atoms with Crippen LogP contribution in [0.1, 0.15) is 16.8 Å². The van der Waals surface area contributed by atoms with Crippen molar-refractivity contribution in [3.05, 3.63) is 45.7 Å². The number of aromatic amines is 1. The van der Waals surface area contributed by atoms with Crippen molar-refractivity contribution in [3.8, 4) is 0 Å². The predicted molar refractivity (Wildman–Crippen MR) is 62.7 cm³/mol. The van der Waals surface area contributed by atoms with Gasteiger partial charge in [-0.15, -0.1) is 0 Å². The molecule has 0 unspecified atom stereocenters. The second-order valence-electron chi connectivity index (χ2n) is 3.54. The number of benzene rings is 1. The molecule has 2 aromatic rings. The van der Waals surface area contributed by atoms with E-state index in [9.17, 15) is 0 Å². The normalized spacial score (nSPS) is 10.5. The summed E-state index contributed by atoms with van der Waals surface area (Å²) >= 11 is 3.53. The molecular weight excluding hydrogens is 254 g/mol. The molecule has 2 rings (SSSR count). The van der Waals surface area contributed by atoms with Crippen molar-refractivity contribution in [2.45, 2.75) is 19.8 Å². The van der Waals surface area contributed by atoms with Crippen LogP contribution in [0.4, 0.5) is 0 Å². The van der Waals surface area contributed by atoms with Crippen LogP contribution in [0.25, 0.3) is 0 Å². The van der Waals surface area contributed by atoms with Crippen molar-refractivity contribution in [1.29, 1.82) is 0 Å². The van der Waals surface area contributed by atoms with E-state index < -0.39 is 0 Å².